The Balaban J connectivity index is 0.000000631. The smallest absolute Gasteiger partial charge is 0.410 e. The second-order valence-corrected chi connectivity index (χ2v) is 5.35. The number of piperidine rings is 1. The van der Waals surface area contributed by atoms with Gasteiger partial charge in [0, 0.05) is 26.1 Å². The Morgan fingerprint density at radius 3 is 2.28 bits per heavy atom. The number of ether oxygens (including phenoxy) is 1. The summed E-state index contributed by atoms with van der Waals surface area (Å²) in [7, 11) is 0. The lowest BCUT2D eigenvalue weighted by Crippen LogP contribution is -2.47. The zero-order valence-electron chi connectivity index (χ0n) is 11.6. The third-order valence-corrected chi connectivity index (χ3v) is 2.11. The highest BCUT2D eigenvalue weighted by atomic mass is 16.6. The number of carboxylic acids is 1. The minimum absolute atomic E-state index is 0.108. The van der Waals surface area contributed by atoms with Crippen molar-refractivity contribution in [3.63, 3.8) is 0 Å². The number of aliphatic carboxylic acids is 1. The summed E-state index contributed by atoms with van der Waals surface area (Å²) >= 11 is 0. The van der Waals surface area contributed by atoms with Crippen LogP contribution in [0.25, 0.3) is 0 Å². The topological polar surface area (TPSA) is 92.9 Å². The van der Waals surface area contributed by atoms with Crippen LogP contribution in [0, 0.1) is 0 Å². The molecule has 106 valence electrons. The fourth-order valence-electron chi connectivity index (χ4n) is 1.50. The quantitative estimate of drug-likeness (QED) is 0.687. The van der Waals surface area contributed by atoms with Gasteiger partial charge in [0.2, 0.25) is 0 Å². The molecule has 0 aromatic heterocycles. The summed E-state index contributed by atoms with van der Waals surface area (Å²) in [6, 6.07) is 0.108. The molecule has 1 heterocycles. The fraction of sp³-hybridized carbons (Fsp3) is 0.833. The van der Waals surface area contributed by atoms with Gasteiger partial charge in [-0.3, -0.25) is 4.79 Å². The van der Waals surface area contributed by atoms with Crippen LogP contribution in [0.1, 0.15) is 40.5 Å². The van der Waals surface area contributed by atoms with Gasteiger partial charge in [-0.1, -0.05) is 0 Å². The van der Waals surface area contributed by atoms with Crippen LogP contribution in [-0.4, -0.2) is 46.8 Å². The molecular formula is C12H24N2O4. The van der Waals surface area contributed by atoms with E-state index in [0.29, 0.717) is 6.54 Å². The minimum Gasteiger partial charge on any atom is -0.481 e. The van der Waals surface area contributed by atoms with Gasteiger partial charge in [-0.2, -0.15) is 0 Å². The Labute approximate surface area is 108 Å². The van der Waals surface area contributed by atoms with Crippen molar-refractivity contribution in [1.82, 2.24) is 4.90 Å². The molecule has 3 N–H and O–H groups in total. The first-order valence-electron chi connectivity index (χ1n) is 6.05. The van der Waals surface area contributed by atoms with E-state index in [1.807, 2.05) is 20.8 Å². The minimum atomic E-state index is -0.833. The summed E-state index contributed by atoms with van der Waals surface area (Å²) in [5.41, 5.74) is 5.36. The second kappa shape index (κ2) is 7.20. The average molecular weight is 260 g/mol. The average Bonchev–Trinajstić information content (AvgIpc) is 2.14. The van der Waals surface area contributed by atoms with Gasteiger partial charge in [0.1, 0.15) is 5.60 Å². The summed E-state index contributed by atoms with van der Waals surface area (Å²) in [5.74, 6) is -0.833. The van der Waals surface area contributed by atoms with Crippen LogP contribution in [0.2, 0.25) is 0 Å². The Morgan fingerprint density at radius 2 is 1.89 bits per heavy atom. The molecule has 0 unspecified atom stereocenters. The number of amides is 1. The third-order valence-electron chi connectivity index (χ3n) is 2.11. The second-order valence-electron chi connectivity index (χ2n) is 5.35. The SMILES string of the molecule is CC(=O)O.CC(C)(C)OC(=O)N1CCC[C@@H](N)C1. The molecule has 0 radical (unpaired) electrons. The number of nitrogens with zero attached hydrogens (tertiary/aromatic N) is 1. The van der Waals surface area contributed by atoms with E-state index in [-0.39, 0.29) is 12.1 Å². The van der Waals surface area contributed by atoms with E-state index in [1.54, 1.807) is 4.90 Å². The molecule has 0 spiro atoms. The predicted molar refractivity (Wildman–Crippen MR) is 68.3 cm³/mol. The molecule has 18 heavy (non-hydrogen) atoms. The predicted octanol–water partition coefficient (Wildman–Crippen LogP) is 1.44. The molecule has 0 aliphatic carbocycles. The highest BCUT2D eigenvalue weighted by Crippen LogP contribution is 2.14. The lowest BCUT2D eigenvalue weighted by atomic mass is 10.1. The molecule has 1 atom stereocenters. The molecule has 1 fully saturated rings. The van der Waals surface area contributed by atoms with Crippen LogP contribution in [0.15, 0.2) is 0 Å². The van der Waals surface area contributed by atoms with Crippen molar-refractivity contribution in [2.45, 2.75) is 52.2 Å². The van der Waals surface area contributed by atoms with E-state index in [4.69, 9.17) is 20.4 Å². The van der Waals surface area contributed by atoms with Gasteiger partial charge < -0.3 is 20.5 Å². The van der Waals surface area contributed by atoms with E-state index in [9.17, 15) is 4.79 Å². The zero-order valence-corrected chi connectivity index (χ0v) is 11.6. The first kappa shape index (κ1) is 16.7. The number of nitrogens with two attached hydrogens (primary N) is 1. The molecule has 0 saturated carbocycles. The van der Waals surface area contributed by atoms with Crippen molar-refractivity contribution in [3.8, 4) is 0 Å². The number of likely N-dealkylation sites (tertiary alicyclic amines) is 1. The summed E-state index contributed by atoms with van der Waals surface area (Å²) < 4.78 is 5.26. The van der Waals surface area contributed by atoms with Crippen LogP contribution < -0.4 is 5.73 Å². The molecule has 1 rings (SSSR count). The van der Waals surface area contributed by atoms with Crippen molar-refractivity contribution >= 4 is 12.1 Å². The van der Waals surface area contributed by atoms with Gasteiger partial charge >= 0.3 is 6.09 Å². The summed E-state index contributed by atoms with van der Waals surface area (Å²) in [6.07, 6.45) is 1.73. The maximum Gasteiger partial charge on any atom is 0.410 e. The van der Waals surface area contributed by atoms with Crippen LogP contribution >= 0.6 is 0 Å². The number of hydrogen-bond donors (Lipinski definition) is 2. The number of rotatable bonds is 0. The van der Waals surface area contributed by atoms with Gasteiger partial charge in [-0.05, 0) is 33.6 Å². The first-order chi connectivity index (χ1) is 8.11. The largest absolute Gasteiger partial charge is 0.481 e. The van der Waals surface area contributed by atoms with Crippen LogP contribution in [0.3, 0.4) is 0 Å². The number of carbonyl (C=O) groups excluding carboxylic acids is 1. The number of carboxylic acid groups (broad SMARTS) is 1. The maximum absolute atomic E-state index is 11.6. The normalized spacial score (nSPS) is 19.6. The fourth-order valence-corrected chi connectivity index (χ4v) is 1.50. The highest BCUT2D eigenvalue weighted by molar-refractivity contribution is 5.68. The number of hydrogen-bond acceptors (Lipinski definition) is 4. The first-order valence-corrected chi connectivity index (χ1v) is 6.05. The Morgan fingerprint density at radius 1 is 1.39 bits per heavy atom. The van der Waals surface area contributed by atoms with E-state index < -0.39 is 11.6 Å². The van der Waals surface area contributed by atoms with Gasteiger partial charge in [0.25, 0.3) is 5.97 Å². The van der Waals surface area contributed by atoms with Crippen LogP contribution in [-0.2, 0) is 9.53 Å². The molecule has 6 nitrogen and oxygen atoms in total. The molecule has 1 saturated heterocycles. The molecule has 1 aliphatic heterocycles. The van der Waals surface area contributed by atoms with Gasteiger partial charge in [0.05, 0.1) is 0 Å². The lowest BCUT2D eigenvalue weighted by molar-refractivity contribution is -0.134. The lowest BCUT2D eigenvalue weighted by Gasteiger charge is -2.32. The van der Waals surface area contributed by atoms with Gasteiger partial charge in [0.15, 0.2) is 0 Å². The Hall–Kier alpha value is -1.30. The third kappa shape index (κ3) is 8.81. The van der Waals surface area contributed by atoms with Crippen LogP contribution in [0.4, 0.5) is 4.79 Å². The summed E-state index contributed by atoms with van der Waals surface area (Å²) in [6.45, 7) is 8.08. The summed E-state index contributed by atoms with van der Waals surface area (Å²) in [4.78, 5) is 22.3. The van der Waals surface area contributed by atoms with E-state index in [1.165, 1.54) is 0 Å². The molecule has 0 bridgehead atoms. The van der Waals surface area contributed by atoms with Crippen molar-refractivity contribution in [3.05, 3.63) is 0 Å². The molecule has 0 aromatic rings. The molecular weight excluding hydrogens is 236 g/mol. The van der Waals surface area contributed by atoms with Crippen molar-refractivity contribution < 1.29 is 19.4 Å². The van der Waals surface area contributed by atoms with Crippen molar-refractivity contribution in [2.24, 2.45) is 5.73 Å². The highest BCUT2D eigenvalue weighted by Gasteiger charge is 2.25. The van der Waals surface area contributed by atoms with E-state index in [0.717, 1.165) is 26.3 Å². The standard InChI is InChI=1S/C10H20N2O2.C2H4O2/c1-10(2,3)14-9(13)12-6-4-5-8(11)7-12;1-2(3)4/h8H,4-7,11H2,1-3H3;1H3,(H,3,4)/t8-;/m1./s1. The maximum atomic E-state index is 11.6. The van der Waals surface area contributed by atoms with E-state index >= 15 is 0 Å². The van der Waals surface area contributed by atoms with Gasteiger partial charge in [-0.15, -0.1) is 0 Å². The molecule has 1 amide bonds. The van der Waals surface area contributed by atoms with Crippen LogP contribution in [0.5, 0.6) is 0 Å². The molecule has 1 aliphatic rings. The monoisotopic (exact) mass is 260 g/mol. The van der Waals surface area contributed by atoms with Crippen molar-refractivity contribution in [2.75, 3.05) is 13.1 Å². The Kier molecular flexibility index (Phi) is 6.68. The van der Waals surface area contributed by atoms with E-state index in [2.05, 4.69) is 0 Å². The van der Waals surface area contributed by atoms with Gasteiger partial charge in [-0.25, -0.2) is 4.79 Å². The van der Waals surface area contributed by atoms with Crippen molar-refractivity contribution in [1.29, 1.82) is 0 Å². The molecule has 0 aromatic carbocycles. The molecule has 6 heteroatoms. The number of carbonyl (C=O) groups is 2. The zero-order chi connectivity index (χ0) is 14.3. The summed E-state index contributed by atoms with van der Waals surface area (Å²) in [5, 5.41) is 7.42. The Bertz CT molecular complexity index is 282.